The molecule has 0 atom stereocenters. The highest BCUT2D eigenvalue weighted by Crippen LogP contribution is 2.37. The third-order valence-electron chi connectivity index (χ3n) is 17.0. The van der Waals surface area contributed by atoms with Gasteiger partial charge in [0.25, 0.3) is 0 Å². The van der Waals surface area contributed by atoms with Crippen molar-refractivity contribution < 1.29 is 49.7 Å². The number of oxime groups is 5. The Bertz CT molecular complexity index is 5720. The largest absolute Gasteiger partial charge is 0.491 e. The number of pyridine rings is 10. The highest BCUT2D eigenvalue weighted by atomic mass is 32.2. The third kappa shape index (κ3) is 20.1. The van der Waals surface area contributed by atoms with E-state index in [9.17, 15) is 0 Å². The van der Waals surface area contributed by atoms with Crippen LogP contribution in [0, 0.1) is 0 Å². The van der Waals surface area contributed by atoms with Gasteiger partial charge in [-0.1, -0.05) is 126 Å². The van der Waals surface area contributed by atoms with Crippen molar-refractivity contribution in [2.24, 2.45) is 31.5 Å². The number of likely N-dealkylation sites (N-methyl/N-ethyl adjacent to an activating group) is 1. The molecule has 0 unspecified atom stereocenters. The van der Waals surface area contributed by atoms with Gasteiger partial charge in [0.1, 0.15) is 53.6 Å². The number of benzene rings is 5. The highest BCUT2D eigenvalue weighted by molar-refractivity contribution is 8.00. The smallest absolute Gasteiger partial charge is 0.131 e. The van der Waals surface area contributed by atoms with Crippen LogP contribution in [0.25, 0.3) is 109 Å². The van der Waals surface area contributed by atoms with Crippen molar-refractivity contribution in [3.8, 4) is 17.2 Å². The molecule has 0 aliphatic rings. The third-order valence-corrected chi connectivity index (χ3v) is 19.1. The predicted molar refractivity (Wildman–Crippen MR) is 441 cm³/mol. The zero-order valence-corrected chi connectivity index (χ0v) is 63.3. The molecule has 15 aromatic rings. The minimum absolute atomic E-state index is 0.398. The Morgan fingerprint density at radius 2 is 0.703 bits per heavy atom. The number of aromatic nitrogens is 10. The molecule has 0 fully saturated rings. The van der Waals surface area contributed by atoms with Gasteiger partial charge in [-0.15, -0.1) is 23.5 Å². The molecule has 0 saturated carbocycles. The number of ether oxygens (including phenoxy) is 5. The molecule has 5 aromatic carbocycles. The van der Waals surface area contributed by atoms with E-state index in [1.54, 1.807) is 86.9 Å². The molecule has 0 radical (unpaired) electrons. The van der Waals surface area contributed by atoms with E-state index in [2.05, 4.69) is 126 Å². The Balaban J connectivity index is 0.000000138. The van der Waals surface area contributed by atoms with Crippen molar-refractivity contribution in [2.75, 3.05) is 79.2 Å². The summed E-state index contributed by atoms with van der Waals surface area (Å²) in [6.07, 6.45) is 15.2. The van der Waals surface area contributed by atoms with Crippen molar-refractivity contribution in [3.63, 3.8) is 0 Å². The fourth-order valence-corrected chi connectivity index (χ4v) is 14.0. The van der Waals surface area contributed by atoms with Crippen molar-refractivity contribution in [1.29, 1.82) is 0 Å². The lowest BCUT2D eigenvalue weighted by atomic mass is 10.1. The highest BCUT2D eigenvalue weighted by Gasteiger charge is 2.17. The molecule has 0 amide bonds. The molecule has 29 heteroatoms. The van der Waals surface area contributed by atoms with E-state index in [1.165, 1.54) is 31.1 Å². The summed E-state index contributed by atoms with van der Waals surface area (Å²) in [6.45, 7) is 14.4. The Labute approximate surface area is 646 Å². The van der Waals surface area contributed by atoms with E-state index in [4.69, 9.17) is 55.5 Å². The zero-order chi connectivity index (χ0) is 77.9. The summed E-state index contributed by atoms with van der Waals surface area (Å²) < 4.78 is 27.6. The summed E-state index contributed by atoms with van der Waals surface area (Å²) >= 11 is 3.45. The maximum absolute atomic E-state index is 8.87. The second-order valence-electron chi connectivity index (χ2n) is 24.5. The molecule has 10 aromatic heterocycles. The van der Waals surface area contributed by atoms with Crippen LogP contribution in [0.4, 0.5) is 0 Å². The Kier molecular flexibility index (Phi) is 28.7. The van der Waals surface area contributed by atoms with Crippen LogP contribution < -0.4 is 19.9 Å². The molecular weight excluding hydrogens is 1450 g/mol. The summed E-state index contributed by atoms with van der Waals surface area (Å²) in [5, 5.41) is 69.6. The van der Waals surface area contributed by atoms with Gasteiger partial charge in [0.15, 0.2) is 0 Å². The number of nitrogens with two attached hydrogens (primary N) is 1. The lowest BCUT2D eigenvalue weighted by Gasteiger charge is -2.18. The number of thioether (sulfide) groups is 2. The maximum atomic E-state index is 8.87. The molecular formula is C82H81N17O10S2. The van der Waals surface area contributed by atoms with Crippen LogP contribution in [-0.4, -0.2) is 196 Å². The normalized spacial score (nSPS) is 11.7. The molecule has 0 saturated heterocycles. The molecule has 27 nitrogen and oxygen atoms in total. The molecule has 15 rings (SSSR count). The van der Waals surface area contributed by atoms with E-state index in [1.807, 2.05) is 115 Å². The van der Waals surface area contributed by atoms with Crippen molar-refractivity contribution in [3.05, 3.63) is 211 Å². The second-order valence-corrected chi connectivity index (χ2v) is 27.3. The fraction of sp³-hybridized carbons (Fsp3) is 0.207. The molecule has 7 N–H and O–H groups in total. The van der Waals surface area contributed by atoms with Crippen LogP contribution >= 0.6 is 23.5 Å². The standard InChI is InChI=1S/C19H22N4O2.C16H15N3O3.C16H15N3O2S.C16H15N3OS.C15H14N4O2/c1-3-23(4-2)10-11-25-17-12-15(13-21-24)22-19-16(17)8-7-14-6-5-9-20-18(14)19;2*1-21-7-8-22-14-9-12(10-18-20)19-16-13(14)5-4-11-3-2-6-17-15(11)16;1-10(2)21-14-8-12(9-18-20)19-16-13(14)6-5-11-4-3-7-17-15(11)16;16-5-7-21-13-8-11(9-18-20)19-15-12(13)4-3-10-2-1-6-17-14(10)15/h5-9,12-13,24H,3-4,10-11H2,1-2H3;2*2-6,9-10,20H,7-8H2,1H3;3-10,20H,1-2H3;1-4,6,8-9,20H,5,7,16H2. The van der Waals surface area contributed by atoms with E-state index >= 15 is 0 Å². The average Bonchev–Trinajstić information content (AvgIpc) is 0.802. The number of fused-ring (bicyclic) bond motifs is 15. The summed E-state index contributed by atoms with van der Waals surface area (Å²) in [4.78, 5) is 49.3. The molecule has 0 aliphatic carbocycles. The number of methoxy groups -OCH3 is 2. The first-order valence-electron chi connectivity index (χ1n) is 35.3. The topological polar surface area (TPSA) is 367 Å². The van der Waals surface area contributed by atoms with E-state index in [0.717, 1.165) is 139 Å². The molecule has 566 valence electrons. The van der Waals surface area contributed by atoms with Crippen molar-refractivity contribution >= 4 is 164 Å². The van der Waals surface area contributed by atoms with Crippen LogP contribution in [0.1, 0.15) is 56.2 Å². The lowest BCUT2D eigenvalue weighted by molar-refractivity contribution is 0.147. The summed E-state index contributed by atoms with van der Waals surface area (Å²) in [5.74, 6) is 2.86. The number of hydrogen-bond donors (Lipinski definition) is 6. The van der Waals surface area contributed by atoms with Crippen LogP contribution in [0.5, 0.6) is 17.2 Å². The molecule has 0 bridgehead atoms. The van der Waals surface area contributed by atoms with Gasteiger partial charge in [0.2, 0.25) is 0 Å². The van der Waals surface area contributed by atoms with E-state index < -0.39 is 0 Å². The molecule has 111 heavy (non-hydrogen) atoms. The quantitative estimate of drug-likeness (QED) is 0.00817. The van der Waals surface area contributed by atoms with Crippen LogP contribution in [0.2, 0.25) is 0 Å². The van der Waals surface area contributed by atoms with Crippen molar-refractivity contribution in [1.82, 2.24) is 54.7 Å². The molecule has 10 heterocycles. The lowest BCUT2D eigenvalue weighted by Crippen LogP contribution is -2.27. The van der Waals surface area contributed by atoms with Crippen LogP contribution in [-0.2, 0) is 9.47 Å². The number of nitrogens with zero attached hydrogens (tertiary/aromatic N) is 16. The monoisotopic (exact) mass is 1530 g/mol. The Hall–Kier alpha value is -12.5. The van der Waals surface area contributed by atoms with Gasteiger partial charge in [0, 0.05) is 151 Å². The first-order chi connectivity index (χ1) is 54.4. The van der Waals surface area contributed by atoms with Gasteiger partial charge < -0.3 is 60.4 Å². The van der Waals surface area contributed by atoms with Crippen LogP contribution in [0.3, 0.4) is 0 Å². The first-order valence-corrected chi connectivity index (χ1v) is 37.2. The minimum atomic E-state index is 0.398. The summed E-state index contributed by atoms with van der Waals surface area (Å²) in [6, 6.07) is 48.6. The van der Waals surface area contributed by atoms with Gasteiger partial charge in [-0.05, 0) is 73.8 Å². The first kappa shape index (κ1) is 79.5. The number of rotatable bonds is 24. The SMILES string of the molecule is CC(C)Sc1cc(C=NO)nc2c1ccc1cccnc12.CCN(CC)CCOc1cc(C=NO)nc2c1ccc1cccnc12.COCCOc1cc(C=NO)nc2c1ccc1cccnc12.COCCSc1cc(C=NO)nc2c1ccc1cccnc12.NCCOc1cc(C=NO)nc2c1ccc1cccnc12. The Morgan fingerprint density at radius 1 is 0.387 bits per heavy atom. The number of hydrogen-bond acceptors (Lipinski definition) is 29. The predicted octanol–water partition coefficient (Wildman–Crippen LogP) is 15.3. The van der Waals surface area contributed by atoms with Crippen LogP contribution in [0.15, 0.2) is 218 Å². The fourth-order valence-electron chi connectivity index (χ4n) is 12.0. The average molecular weight is 1530 g/mol. The van der Waals surface area contributed by atoms with Gasteiger partial charge in [-0.25, -0.2) is 24.9 Å². The van der Waals surface area contributed by atoms with Gasteiger partial charge in [-0.2, -0.15) is 0 Å². The van der Waals surface area contributed by atoms with Gasteiger partial charge in [-0.3, -0.25) is 24.9 Å². The van der Waals surface area contributed by atoms with E-state index in [-0.39, 0.29) is 0 Å². The molecule has 0 aliphatic heterocycles. The summed E-state index contributed by atoms with van der Waals surface area (Å²) in [7, 11) is 3.31. The van der Waals surface area contributed by atoms with Gasteiger partial charge >= 0.3 is 0 Å². The van der Waals surface area contributed by atoms with E-state index in [0.29, 0.717) is 95.8 Å². The minimum Gasteiger partial charge on any atom is -0.491 e. The molecule has 0 spiro atoms. The maximum Gasteiger partial charge on any atom is 0.131 e. The van der Waals surface area contributed by atoms with Crippen molar-refractivity contribution in [2.45, 2.75) is 42.7 Å². The second kappa shape index (κ2) is 40.1. The zero-order valence-electron chi connectivity index (χ0n) is 61.7. The summed E-state index contributed by atoms with van der Waals surface area (Å²) in [5.41, 5.74) is 16.2. The Morgan fingerprint density at radius 3 is 1.04 bits per heavy atom. The van der Waals surface area contributed by atoms with Gasteiger partial charge in [0.05, 0.1) is 111 Å².